The normalized spacial score (nSPS) is 14.7. The van der Waals surface area contributed by atoms with Gasteiger partial charge in [0.1, 0.15) is 36.5 Å². The summed E-state index contributed by atoms with van der Waals surface area (Å²) in [6, 6.07) is 12.5. The molecular formula is C22H22ClN2O4+. The number of ether oxygens (including phenoxy) is 3. The van der Waals surface area contributed by atoms with Crippen molar-refractivity contribution in [2.75, 3.05) is 33.4 Å². The number of rotatable bonds is 5. The van der Waals surface area contributed by atoms with Gasteiger partial charge in [0.05, 0.1) is 30.9 Å². The average Bonchev–Trinajstić information content (AvgIpc) is 2.77. The Morgan fingerprint density at radius 1 is 1.21 bits per heavy atom. The van der Waals surface area contributed by atoms with Crippen LogP contribution in [0.2, 0.25) is 5.02 Å². The van der Waals surface area contributed by atoms with Crippen LogP contribution in [0.15, 0.2) is 48.7 Å². The van der Waals surface area contributed by atoms with Crippen molar-refractivity contribution in [2.24, 2.45) is 0 Å². The minimum Gasteiger partial charge on any atom is -0.496 e. The van der Waals surface area contributed by atoms with Crippen LogP contribution in [0.25, 0.3) is 10.9 Å². The smallest absolute Gasteiger partial charge is 0.347 e. The SMILES string of the molecule is COc1ccccc1C(=O)Oc1c(C[NH+]2CCOCC2)cc(Cl)c2cccnc12. The highest BCUT2D eigenvalue weighted by molar-refractivity contribution is 6.35. The number of nitrogens with zero attached hydrogens (tertiary/aromatic N) is 1. The van der Waals surface area contributed by atoms with Gasteiger partial charge in [-0.25, -0.2) is 4.79 Å². The second kappa shape index (κ2) is 8.78. The summed E-state index contributed by atoms with van der Waals surface area (Å²) >= 11 is 6.52. The van der Waals surface area contributed by atoms with Crippen LogP contribution in [0.5, 0.6) is 11.5 Å². The topological polar surface area (TPSA) is 62.1 Å². The Labute approximate surface area is 174 Å². The summed E-state index contributed by atoms with van der Waals surface area (Å²) in [6.07, 6.45) is 1.67. The first kappa shape index (κ1) is 19.6. The summed E-state index contributed by atoms with van der Waals surface area (Å²) in [5.74, 6) is 0.416. The van der Waals surface area contributed by atoms with Crippen LogP contribution in [0, 0.1) is 0 Å². The molecule has 150 valence electrons. The van der Waals surface area contributed by atoms with Gasteiger partial charge in [-0.2, -0.15) is 0 Å². The van der Waals surface area contributed by atoms with Crippen molar-refractivity contribution in [2.45, 2.75) is 6.54 Å². The first-order valence-electron chi connectivity index (χ1n) is 9.50. The molecule has 1 aromatic heterocycles. The zero-order valence-corrected chi connectivity index (χ0v) is 16.9. The summed E-state index contributed by atoms with van der Waals surface area (Å²) in [5.41, 5.74) is 1.78. The van der Waals surface area contributed by atoms with Gasteiger partial charge in [-0.05, 0) is 30.3 Å². The van der Waals surface area contributed by atoms with Crippen LogP contribution in [0.4, 0.5) is 0 Å². The van der Waals surface area contributed by atoms with E-state index < -0.39 is 5.97 Å². The minimum atomic E-state index is -0.491. The fourth-order valence-electron chi connectivity index (χ4n) is 3.54. The molecule has 7 heteroatoms. The number of quaternary nitrogens is 1. The van der Waals surface area contributed by atoms with Crippen LogP contribution < -0.4 is 14.4 Å². The van der Waals surface area contributed by atoms with E-state index >= 15 is 0 Å². The molecule has 0 atom stereocenters. The molecule has 0 amide bonds. The number of fused-ring (bicyclic) bond motifs is 1. The quantitative estimate of drug-likeness (QED) is 0.514. The van der Waals surface area contributed by atoms with Gasteiger partial charge in [0.25, 0.3) is 0 Å². The number of hydrogen-bond acceptors (Lipinski definition) is 5. The zero-order chi connectivity index (χ0) is 20.2. The van der Waals surface area contributed by atoms with Crippen LogP contribution in [0.1, 0.15) is 15.9 Å². The fraction of sp³-hybridized carbons (Fsp3) is 0.273. The molecule has 1 saturated heterocycles. The fourth-order valence-corrected chi connectivity index (χ4v) is 3.82. The third-order valence-electron chi connectivity index (χ3n) is 5.03. The molecule has 1 aliphatic rings. The highest BCUT2D eigenvalue weighted by Crippen LogP contribution is 2.34. The van der Waals surface area contributed by atoms with Crippen LogP contribution >= 0.6 is 11.6 Å². The molecule has 0 radical (unpaired) electrons. The molecule has 1 fully saturated rings. The molecule has 1 N–H and O–H groups in total. The van der Waals surface area contributed by atoms with Gasteiger partial charge in [-0.1, -0.05) is 23.7 Å². The second-order valence-corrected chi connectivity index (χ2v) is 7.28. The molecule has 29 heavy (non-hydrogen) atoms. The summed E-state index contributed by atoms with van der Waals surface area (Å²) in [6.45, 7) is 3.87. The molecule has 3 aromatic rings. The van der Waals surface area contributed by atoms with E-state index in [0.717, 1.165) is 24.0 Å². The number of morpholine rings is 1. The summed E-state index contributed by atoms with van der Waals surface area (Å²) in [4.78, 5) is 18.8. The Morgan fingerprint density at radius 2 is 2.00 bits per heavy atom. The van der Waals surface area contributed by atoms with Crippen molar-refractivity contribution in [3.63, 3.8) is 0 Å². The largest absolute Gasteiger partial charge is 0.496 e. The third-order valence-corrected chi connectivity index (χ3v) is 5.35. The predicted octanol–water partition coefficient (Wildman–Crippen LogP) is 2.53. The standard InChI is InChI=1S/C22H21ClN2O4/c1-27-19-7-3-2-5-17(19)22(26)29-21-15(14-25-9-11-28-12-10-25)13-18(23)16-6-4-8-24-20(16)21/h2-8,13H,9-12,14H2,1H3/p+1. The molecule has 2 heterocycles. The number of nitrogens with one attached hydrogen (secondary N) is 1. The van der Waals surface area contributed by atoms with E-state index in [2.05, 4.69) is 4.98 Å². The van der Waals surface area contributed by atoms with E-state index in [1.165, 1.54) is 12.0 Å². The van der Waals surface area contributed by atoms with Gasteiger partial charge in [-0.3, -0.25) is 4.98 Å². The summed E-state index contributed by atoms with van der Waals surface area (Å²) in [7, 11) is 1.53. The van der Waals surface area contributed by atoms with Crippen LogP contribution in [-0.2, 0) is 11.3 Å². The first-order valence-corrected chi connectivity index (χ1v) is 9.88. The Hall–Kier alpha value is -2.67. The number of aromatic nitrogens is 1. The highest BCUT2D eigenvalue weighted by Gasteiger charge is 2.23. The maximum Gasteiger partial charge on any atom is 0.347 e. The zero-order valence-electron chi connectivity index (χ0n) is 16.1. The molecule has 2 aromatic carbocycles. The van der Waals surface area contributed by atoms with Crippen LogP contribution in [-0.4, -0.2) is 44.4 Å². The molecule has 1 aliphatic heterocycles. The third kappa shape index (κ3) is 4.19. The Bertz CT molecular complexity index is 1030. The van der Waals surface area contributed by atoms with Crippen molar-refractivity contribution in [3.8, 4) is 11.5 Å². The van der Waals surface area contributed by atoms with Crippen LogP contribution in [0.3, 0.4) is 0 Å². The minimum absolute atomic E-state index is 0.360. The summed E-state index contributed by atoms with van der Waals surface area (Å²) < 4.78 is 16.7. The molecule has 6 nitrogen and oxygen atoms in total. The van der Waals surface area contributed by atoms with E-state index in [9.17, 15) is 4.79 Å². The monoisotopic (exact) mass is 413 g/mol. The number of carbonyl (C=O) groups is 1. The predicted molar refractivity (Wildman–Crippen MR) is 110 cm³/mol. The summed E-state index contributed by atoms with van der Waals surface area (Å²) in [5, 5.41) is 1.34. The van der Waals surface area contributed by atoms with E-state index in [1.807, 2.05) is 24.3 Å². The van der Waals surface area contributed by atoms with E-state index in [4.69, 9.17) is 25.8 Å². The van der Waals surface area contributed by atoms with Gasteiger partial charge in [0.2, 0.25) is 0 Å². The molecule has 0 saturated carbocycles. The number of pyridine rings is 1. The number of methoxy groups -OCH3 is 1. The number of esters is 1. The van der Waals surface area contributed by atoms with E-state index in [-0.39, 0.29) is 0 Å². The number of halogens is 1. The lowest BCUT2D eigenvalue weighted by molar-refractivity contribution is -0.921. The lowest BCUT2D eigenvalue weighted by Gasteiger charge is -2.25. The van der Waals surface area contributed by atoms with Crippen molar-refractivity contribution in [1.29, 1.82) is 0 Å². The maximum atomic E-state index is 13.0. The first-order chi connectivity index (χ1) is 14.2. The number of para-hydroxylation sites is 1. The Morgan fingerprint density at radius 3 is 2.79 bits per heavy atom. The van der Waals surface area contributed by atoms with Crippen molar-refractivity contribution in [1.82, 2.24) is 4.98 Å². The Balaban J connectivity index is 1.75. The maximum absolute atomic E-state index is 13.0. The molecule has 0 spiro atoms. The van der Waals surface area contributed by atoms with Gasteiger partial charge >= 0.3 is 5.97 Å². The number of carbonyl (C=O) groups excluding carboxylic acids is 1. The molecule has 0 bridgehead atoms. The van der Waals surface area contributed by atoms with Gasteiger partial charge in [0, 0.05) is 11.6 Å². The molecule has 4 rings (SSSR count). The lowest BCUT2D eigenvalue weighted by atomic mass is 10.1. The van der Waals surface area contributed by atoms with Gasteiger partial charge in [0.15, 0.2) is 5.75 Å². The van der Waals surface area contributed by atoms with Crippen molar-refractivity contribution < 1.29 is 23.9 Å². The molecular weight excluding hydrogens is 392 g/mol. The highest BCUT2D eigenvalue weighted by atomic mass is 35.5. The average molecular weight is 414 g/mol. The van der Waals surface area contributed by atoms with E-state index in [1.54, 1.807) is 24.4 Å². The van der Waals surface area contributed by atoms with Crippen molar-refractivity contribution >= 4 is 28.5 Å². The lowest BCUT2D eigenvalue weighted by Crippen LogP contribution is -3.12. The van der Waals surface area contributed by atoms with Gasteiger partial charge in [-0.15, -0.1) is 0 Å². The Kier molecular flexibility index (Phi) is 5.94. The number of benzene rings is 2. The van der Waals surface area contributed by atoms with Crippen molar-refractivity contribution in [3.05, 3.63) is 64.8 Å². The second-order valence-electron chi connectivity index (χ2n) is 6.88. The van der Waals surface area contributed by atoms with Gasteiger partial charge < -0.3 is 19.1 Å². The van der Waals surface area contributed by atoms with E-state index in [0.29, 0.717) is 47.4 Å². The molecule has 0 aliphatic carbocycles. The number of hydrogen-bond donors (Lipinski definition) is 1. The molecule has 0 unspecified atom stereocenters.